The first kappa shape index (κ1) is 15.6. The Labute approximate surface area is 140 Å². The van der Waals surface area contributed by atoms with Crippen LogP contribution in [0.3, 0.4) is 0 Å². The number of carboxylic acid groups (broad SMARTS) is 1. The van der Waals surface area contributed by atoms with Gasteiger partial charge in [-0.05, 0) is 11.5 Å². The summed E-state index contributed by atoms with van der Waals surface area (Å²) in [5.41, 5.74) is -1.02. The summed E-state index contributed by atoms with van der Waals surface area (Å²) in [6, 6.07) is 12.5. The van der Waals surface area contributed by atoms with Crippen molar-refractivity contribution in [2.45, 2.75) is 4.90 Å². The minimum absolute atomic E-state index is 0.0194. The van der Waals surface area contributed by atoms with Crippen LogP contribution in [0.2, 0.25) is 0 Å². The molecule has 2 atom stereocenters. The first-order chi connectivity index (χ1) is 11.4. The number of carboxylic acids is 1. The van der Waals surface area contributed by atoms with E-state index in [-0.39, 0.29) is 23.9 Å². The number of benzene rings is 2. The molecule has 2 aromatic rings. The molecule has 24 heavy (non-hydrogen) atoms. The molecular formula is C17H18N2O4S. The molecule has 0 spiro atoms. The van der Waals surface area contributed by atoms with E-state index in [0.29, 0.717) is 18.5 Å². The Bertz CT molecular complexity index is 922. The molecule has 0 aromatic heterocycles. The third-order valence-electron chi connectivity index (χ3n) is 5.29. The lowest BCUT2D eigenvalue weighted by molar-refractivity contribution is -0.148. The molecule has 0 amide bonds. The fraction of sp³-hybridized carbons (Fsp3) is 0.353. The smallest absolute Gasteiger partial charge is 0.312 e. The second kappa shape index (κ2) is 5.27. The molecule has 6 nitrogen and oxygen atoms in total. The standard InChI is InChI=1S/C17H18N2O4S/c20-16(21)17-10-18-8-13(17)9-19(11-17)24(22,23)15-7-3-5-12-4-1-2-6-14(12)15/h1-7,13,18H,8-11H2,(H,20,21)/t13-,17-/m0/s1. The number of aliphatic carboxylic acids is 1. The summed E-state index contributed by atoms with van der Waals surface area (Å²) in [6.45, 7) is 1.11. The Hall–Kier alpha value is -1.96. The predicted molar refractivity (Wildman–Crippen MR) is 89.1 cm³/mol. The zero-order valence-electron chi connectivity index (χ0n) is 13.0. The minimum Gasteiger partial charge on any atom is -0.481 e. The fourth-order valence-corrected chi connectivity index (χ4v) is 5.69. The van der Waals surface area contributed by atoms with Gasteiger partial charge in [0.2, 0.25) is 10.0 Å². The molecule has 7 heteroatoms. The summed E-state index contributed by atoms with van der Waals surface area (Å²) < 4.78 is 27.7. The van der Waals surface area contributed by atoms with E-state index in [1.54, 1.807) is 18.2 Å². The summed E-state index contributed by atoms with van der Waals surface area (Å²) in [7, 11) is -3.74. The van der Waals surface area contributed by atoms with E-state index in [4.69, 9.17) is 0 Å². The van der Waals surface area contributed by atoms with Gasteiger partial charge >= 0.3 is 5.97 Å². The number of carbonyl (C=O) groups is 1. The van der Waals surface area contributed by atoms with Crippen LogP contribution in [-0.2, 0) is 14.8 Å². The second-order valence-electron chi connectivity index (χ2n) is 6.56. The summed E-state index contributed by atoms with van der Waals surface area (Å²) in [5.74, 6) is -1.12. The molecule has 0 unspecified atom stereocenters. The van der Waals surface area contributed by atoms with Gasteiger partial charge in [-0.1, -0.05) is 36.4 Å². The molecule has 0 aliphatic carbocycles. The average molecular weight is 346 g/mol. The van der Waals surface area contributed by atoms with E-state index in [1.807, 2.05) is 24.3 Å². The Morgan fingerprint density at radius 2 is 1.96 bits per heavy atom. The lowest BCUT2D eigenvalue weighted by Gasteiger charge is -2.23. The van der Waals surface area contributed by atoms with Crippen LogP contribution in [0.25, 0.3) is 10.8 Å². The molecule has 0 saturated carbocycles. The van der Waals surface area contributed by atoms with Gasteiger partial charge in [0, 0.05) is 37.5 Å². The molecule has 4 rings (SSSR count). The lowest BCUT2D eigenvalue weighted by atomic mass is 9.81. The molecule has 2 saturated heterocycles. The van der Waals surface area contributed by atoms with Crippen molar-refractivity contribution in [2.24, 2.45) is 11.3 Å². The number of rotatable bonds is 3. The molecule has 2 fully saturated rings. The summed E-state index contributed by atoms with van der Waals surface area (Å²) >= 11 is 0. The quantitative estimate of drug-likeness (QED) is 0.870. The Kier molecular flexibility index (Phi) is 3.42. The van der Waals surface area contributed by atoms with Crippen molar-refractivity contribution in [3.05, 3.63) is 42.5 Å². The fourth-order valence-electron chi connectivity index (χ4n) is 3.92. The van der Waals surface area contributed by atoms with Gasteiger partial charge in [0.15, 0.2) is 0 Å². The number of nitrogens with zero attached hydrogens (tertiary/aromatic N) is 1. The highest BCUT2D eigenvalue weighted by atomic mass is 32.2. The van der Waals surface area contributed by atoms with E-state index in [2.05, 4.69) is 5.32 Å². The van der Waals surface area contributed by atoms with E-state index >= 15 is 0 Å². The SMILES string of the molecule is O=C(O)[C@]12CNC[C@H]1CN(S(=O)(=O)c1cccc3ccccc13)C2. The molecule has 2 N–H and O–H groups in total. The molecule has 2 aliphatic heterocycles. The molecule has 2 heterocycles. The van der Waals surface area contributed by atoms with E-state index in [9.17, 15) is 18.3 Å². The van der Waals surface area contributed by atoms with E-state index in [0.717, 1.165) is 5.39 Å². The van der Waals surface area contributed by atoms with Crippen LogP contribution < -0.4 is 5.32 Å². The Balaban J connectivity index is 1.78. The van der Waals surface area contributed by atoms with Gasteiger partial charge in [0.25, 0.3) is 0 Å². The molecule has 2 aromatic carbocycles. The van der Waals surface area contributed by atoms with Crippen molar-refractivity contribution in [1.29, 1.82) is 0 Å². The number of sulfonamides is 1. The number of nitrogens with one attached hydrogen (secondary N) is 1. The summed E-state index contributed by atoms with van der Waals surface area (Å²) in [4.78, 5) is 12.0. The van der Waals surface area contributed by atoms with Crippen LogP contribution >= 0.6 is 0 Å². The van der Waals surface area contributed by atoms with Crippen molar-refractivity contribution in [3.8, 4) is 0 Å². The maximum absolute atomic E-state index is 13.2. The summed E-state index contributed by atoms with van der Waals surface area (Å²) in [6.07, 6.45) is 0. The molecule has 0 radical (unpaired) electrons. The van der Waals surface area contributed by atoms with Crippen molar-refractivity contribution >= 4 is 26.8 Å². The monoisotopic (exact) mass is 346 g/mol. The van der Waals surface area contributed by atoms with Gasteiger partial charge in [-0.3, -0.25) is 4.79 Å². The summed E-state index contributed by atoms with van der Waals surface area (Å²) in [5, 5.41) is 14.2. The van der Waals surface area contributed by atoms with Gasteiger partial charge in [0.05, 0.1) is 10.3 Å². The zero-order chi connectivity index (χ0) is 16.9. The van der Waals surface area contributed by atoms with E-state index in [1.165, 1.54) is 4.31 Å². The molecular weight excluding hydrogens is 328 g/mol. The first-order valence-electron chi connectivity index (χ1n) is 7.87. The molecule has 2 aliphatic rings. The van der Waals surface area contributed by atoms with Crippen molar-refractivity contribution in [2.75, 3.05) is 26.2 Å². The number of fused-ring (bicyclic) bond motifs is 2. The van der Waals surface area contributed by atoms with Crippen LogP contribution in [0, 0.1) is 11.3 Å². The number of hydrogen-bond donors (Lipinski definition) is 2. The van der Waals surface area contributed by atoms with Gasteiger partial charge < -0.3 is 10.4 Å². The number of hydrogen-bond acceptors (Lipinski definition) is 4. The third kappa shape index (κ3) is 2.08. The Morgan fingerprint density at radius 1 is 1.21 bits per heavy atom. The maximum Gasteiger partial charge on any atom is 0.312 e. The first-order valence-corrected chi connectivity index (χ1v) is 9.31. The van der Waals surface area contributed by atoms with Crippen LogP contribution in [0.4, 0.5) is 0 Å². The van der Waals surface area contributed by atoms with Crippen molar-refractivity contribution in [1.82, 2.24) is 9.62 Å². The van der Waals surface area contributed by atoms with Gasteiger partial charge in [0.1, 0.15) is 0 Å². The minimum atomic E-state index is -3.74. The van der Waals surface area contributed by atoms with Crippen LogP contribution in [0.15, 0.2) is 47.4 Å². The van der Waals surface area contributed by atoms with Crippen molar-refractivity contribution < 1.29 is 18.3 Å². The lowest BCUT2D eigenvalue weighted by Crippen LogP contribution is -2.41. The van der Waals surface area contributed by atoms with Gasteiger partial charge in [-0.2, -0.15) is 4.31 Å². The van der Waals surface area contributed by atoms with Crippen LogP contribution in [-0.4, -0.2) is 50.0 Å². The maximum atomic E-state index is 13.2. The normalized spacial score (nSPS) is 27.4. The topological polar surface area (TPSA) is 86.7 Å². The second-order valence-corrected chi connectivity index (χ2v) is 8.47. The van der Waals surface area contributed by atoms with Crippen LogP contribution in [0.1, 0.15) is 0 Å². The largest absolute Gasteiger partial charge is 0.481 e. The highest BCUT2D eigenvalue weighted by Gasteiger charge is 2.57. The van der Waals surface area contributed by atoms with Gasteiger partial charge in [-0.25, -0.2) is 8.42 Å². The third-order valence-corrected chi connectivity index (χ3v) is 7.16. The Morgan fingerprint density at radius 3 is 2.71 bits per heavy atom. The van der Waals surface area contributed by atoms with E-state index < -0.39 is 21.4 Å². The highest BCUT2D eigenvalue weighted by molar-refractivity contribution is 7.89. The van der Waals surface area contributed by atoms with Crippen LogP contribution in [0.5, 0.6) is 0 Å². The zero-order valence-corrected chi connectivity index (χ0v) is 13.8. The molecule has 0 bridgehead atoms. The average Bonchev–Trinajstić information content (AvgIpc) is 3.13. The van der Waals surface area contributed by atoms with Crippen molar-refractivity contribution in [3.63, 3.8) is 0 Å². The predicted octanol–water partition coefficient (Wildman–Crippen LogP) is 1.13. The van der Waals surface area contributed by atoms with Gasteiger partial charge in [-0.15, -0.1) is 0 Å². The molecule has 126 valence electrons. The highest BCUT2D eigenvalue weighted by Crippen LogP contribution is 2.42.